The molecule has 74 valence electrons. The quantitative estimate of drug-likeness (QED) is 0.517. The first-order valence-electron chi connectivity index (χ1n) is 3.96. The molecular weight excluding hydrogens is 197 g/mol. The SMILES string of the molecule is CCCOP(=S)(ON)OCCC. The van der Waals surface area contributed by atoms with E-state index in [1.54, 1.807) is 0 Å². The van der Waals surface area contributed by atoms with Crippen molar-refractivity contribution in [2.24, 2.45) is 5.90 Å². The van der Waals surface area contributed by atoms with E-state index in [1.165, 1.54) is 0 Å². The summed E-state index contributed by atoms with van der Waals surface area (Å²) in [6.07, 6.45) is 1.74. The number of rotatable bonds is 7. The fourth-order valence-corrected chi connectivity index (χ4v) is 1.96. The lowest BCUT2D eigenvalue weighted by atomic mass is 10.5. The minimum atomic E-state index is -2.62. The summed E-state index contributed by atoms with van der Waals surface area (Å²) in [5.74, 6) is 4.98. The Balaban J connectivity index is 3.79. The second-order valence-corrected chi connectivity index (χ2v) is 5.18. The molecule has 0 saturated carbocycles. The van der Waals surface area contributed by atoms with Gasteiger partial charge in [0.2, 0.25) is 0 Å². The van der Waals surface area contributed by atoms with E-state index in [-0.39, 0.29) is 0 Å². The highest BCUT2D eigenvalue weighted by Crippen LogP contribution is 2.48. The number of hydrogen-bond acceptors (Lipinski definition) is 5. The van der Waals surface area contributed by atoms with Crippen LogP contribution in [0.2, 0.25) is 0 Å². The first kappa shape index (κ1) is 12.5. The van der Waals surface area contributed by atoms with E-state index >= 15 is 0 Å². The average molecular weight is 213 g/mol. The van der Waals surface area contributed by atoms with Crippen molar-refractivity contribution in [3.8, 4) is 0 Å². The third kappa shape index (κ3) is 5.19. The zero-order chi connectivity index (χ0) is 9.45. The van der Waals surface area contributed by atoms with E-state index in [9.17, 15) is 0 Å². The molecule has 6 heteroatoms. The van der Waals surface area contributed by atoms with Crippen molar-refractivity contribution in [1.29, 1.82) is 0 Å². The largest absolute Gasteiger partial charge is 0.343 e. The molecule has 0 radical (unpaired) electrons. The van der Waals surface area contributed by atoms with Crippen molar-refractivity contribution in [3.63, 3.8) is 0 Å². The molecular formula is C6H16NO3PS. The standard InChI is InChI=1S/C6H16NO3PS/c1-3-5-8-11(12,10-7)9-6-4-2/h3-7H2,1-2H3. The molecule has 0 amide bonds. The van der Waals surface area contributed by atoms with Crippen molar-refractivity contribution in [2.75, 3.05) is 13.2 Å². The molecule has 12 heavy (non-hydrogen) atoms. The molecule has 0 heterocycles. The van der Waals surface area contributed by atoms with Gasteiger partial charge in [0.15, 0.2) is 0 Å². The summed E-state index contributed by atoms with van der Waals surface area (Å²) in [6.45, 7) is 2.39. The number of nitrogens with two attached hydrogens (primary N) is 1. The molecule has 0 aromatic carbocycles. The van der Waals surface area contributed by atoms with E-state index in [0.29, 0.717) is 13.2 Å². The molecule has 0 aromatic heterocycles. The summed E-state index contributed by atoms with van der Waals surface area (Å²) >= 11 is 4.95. The molecule has 4 nitrogen and oxygen atoms in total. The molecule has 0 aromatic rings. The van der Waals surface area contributed by atoms with E-state index in [4.69, 9.17) is 26.8 Å². The molecule has 0 bridgehead atoms. The van der Waals surface area contributed by atoms with E-state index in [1.807, 2.05) is 13.8 Å². The van der Waals surface area contributed by atoms with Gasteiger partial charge in [-0.1, -0.05) is 13.8 Å². The van der Waals surface area contributed by atoms with Gasteiger partial charge in [-0.25, -0.2) is 10.5 Å². The smallest absolute Gasteiger partial charge is 0.308 e. The summed E-state index contributed by atoms with van der Waals surface area (Å²) in [4.78, 5) is 0. The molecule has 0 rings (SSSR count). The third-order valence-electron chi connectivity index (χ3n) is 1.04. The zero-order valence-corrected chi connectivity index (χ0v) is 9.20. The van der Waals surface area contributed by atoms with Crippen LogP contribution in [0, 0.1) is 0 Å². The van der Waals surface area contributed by atoms with Gasteiger partial charge in [-0.15, -0.1) is 0 Å². The molecule has 0 fully saturated rings. The molecule has 0 unspecified atom stereocenters. The van der Waals surface area contributed by atoms with Crippen LogP contribution in [-0.2, 0) is 25.5 Å². The highest BCUT2D eigenvalue weighted by atomic mass is 32.5. The van der Waals surface area contributed by atoms with Gasteiger partial charge in [-0.3, -0.25) is 0 Å². The van der Waals surface area contributed by atoms with Crippen LogP contribution < -0.4 is 5.90 Å². The monoisotopic (exact) mass is 213 g/mol. The van der Waals surface area contributed by atoms with Crippen molar-refractivity contribution < 1.29 is 13.7 Å². The molecule has 0 aliphatic heterocycles. The summed E-state index contributed by atoms with van der Waals surface area (Å²) in [5, 5.41) is 0. The molecule has 0 saturated heterocycles. The van der Waals surface area contributed by atoms with Crippen LogP contribution in [0.1, 0.15) is 26.7 Å². The Morgan fingerprint density at radius 3 is 1.83 bits per heavy atom. The van der Waals surface area contributed by atoms with Gasteiger partial charge in [-0.05, 0) is 24.6 Å². The average Bonchev–Trinajstić information content (AvgIpc) is 2.11. The van der Waals surface area contributed by atoms with E-state index < -0.39 is 6.72 Å². The summed E-state index contributed by atoms with van der Waals surface area (Å²) in [6, 6.07) is 0. The van der Waals surface area contributed by atoms with E-state index in [2.05, 4.69) is 4.62 Å². The van der Waals surface area contributed by atoms with Crippen molar-refractivity contribution >= 4 is 18.5 Å². The van der Waals surface area contributed by atoms with Gasteiger partial charge in [0, 0.05) is 0 Å². The lowest BCUT2D eigenvalue weighted by molar-refractivity contribution is 0.158. The van der Waals surface area contributed by atoms with Gasteiger partial charge in [0.1, 0.15) is 0 Å². The second kappa shape index (κ2) is 6.95. The van der Waals surface area contributed by atoms with Gasteiger partial charge >= 0.3 is 6.72 Å². The maximum Gasteiger partial charge on any atom is 0.343 e. The lowest BCUT2D eigenvalue weighted by Gasteiger charge is -2.17. The first-order chi connectivity index (χ1) is 5.68. The Morgan fingerprint density at radius 1 is 1.17 bits per heavy atom. The molecule has 0 spiro atoms. The summed E-state index contributed by atoms with van der Waals surface area (Å²) in [7, 11) is 0. The van der Waals surface area contributed by atoms with Crippen molar-refractivity contribution in [2.45, 2.75) is 26.7 Å². The molecule has 2 N–H and O–H groups in total. The Morgan fingerprint density at radius 2 is 1.58 bits per heavy atom. The van der Waals surface area contributed by atoms with Crippen LogP contribution in [0.5, 0.6) is 0 Å². The van der Waals surface area contributed by atoms with Crippen molar-refractivity contribution in [3.05, 3.63) is 0 Å². The van der Waals surface area contributed by atoms with Crippen LogP contribution in [0.25, 0.3) is 0 Å². The molecule has 0 aliphatic carbocycles. The maximum absolute atomic E-state index is 5.19. The van der Waals surface area contributed by atoms with Gasteiger partial charge in [0.05, 0.1) is 13.2 Å². The van der Waals surface area contributed by atoms with Crippen LogP contribution in [-0.4, -0.2) is 13.2 Å². The second-order valence-electron chi connectivity index (χ2n) is 2.22. The minimum absolute atomic E-state index is 0.526. The molecule has 0 aliphatic rings. The van der Waals surface area contributed by atoms with Gasteiger partial charge in [0.25, 0.3) is 0 Å². The fraction of sp³-hybridized carbons (Fsp3) is 1.00. The minimum Gasteiger partial charge on any atom is -0.308 e. The highest BCUT2D eigenvalue weighted by molar-refractivity contribution is 8.07. The Hall–Kier alpha value is 0.490. The fourth-order valence-electron chi connectivity index (χ4n) is 0.504. The van der Waals surface area contributed by atoms with Crippen LogP contribution in [0.4, 0.5) is 0 Å². The molecule has 0 atom stereocenters. The van der Waals surface area contributed by atoms with Crippen molar-refractivity contribution in [1.82, 2.24) is 0 Å². The van der Waals surface area contributed by atoms with Crippen LogP contribution in [0.15, 0.2) is 0 Å². The maximum atomic E-state index is 5.19. The van der Waals surface area contributed by atoms with Gasteiger partial charge < -0.3 is 9.05 Å². The summed E-state index contributed by atoms with van der Waals surface area (Å²) in [5.41, 5.74) is 0. The highest BCUT2D eigenvalue weighted by Gasteiger charge is 2.18. The third-order valence-corrected chi connectivity index (χ3v) is 3.18. The zero-order valence-electron chi connectivity index (χ0n) is 7.49. The topological polar surface area (TPSA) is 53.7 Å². The predicted octanol–water partition coefficient (Wildman–Crippen LogP) is 1.95. The Bertz CT molecular complexity index is 144. The van der Waals surface area contributed by atoms with Gasteiger partial charge in [-0.2, -0.15) is 0 Å². The lowest BCUT2D eigenvalue weighted by Crippen LogP contribution is -2.05. The van der Waals surface area contributed by atoms with Crippen LogP contribution in [0.3, 0.4) is 0 Å². The Kier molecular flexibility index (Phi) is 7.23. The van der Waals surface area contributed by atoms with E-state index in [0.717, 1.165) is 12.8 Å². The predicted molar refractivity (Wildman–Crippen MR) is 52.0 cm³/mol. The first-order valence-corrected chi connectivity index (χ1v) is 6.51. The van der Waals surface area contributed by atoms with Crippen LogP contribution >= 0.6 is 6.72 Å². The number of hydrogen-bond donors (Lipinski definition) is 1. The summed E-state index contributed by atoms with van der Waals surface area (Å²) < 4.78 is 14.9. The normalized spacial score (nSPS) is 11.9. The Labute approximate surface area is 78.6 Å².